The van der Waals surface area contributed by atoms with Crippen LogP contribution in [0.15, 0.2) is 221 Å². The van der Waals surface area contributed by atoms with Gasteiger partial charge in [-0.3, -0.25) is 0 Å². The molecular weight excluding hydrogens is 775 g/mol. The minimum Gasteiger partial charge on any atom is -0.456 e. The molecule has 3 heterocycles. The summed E-state index contributed by atoms with van der Waals surface area (Å²) < 4.78 is 15.9. The number of rotatable bonds is 6. The Balaban J connectivity index is 1.10. The third-order valence-corrected chi connectivity index (χ3v) is 13.6. The summed E-state index contributed by atoms with van der Waals surface area (Å²) >= 11 is 1.84. The van der Waals surface area contributed by atoms with E-state index in [0.29, 0.717) is 0 Å². The number of hydrogen-bond acceptors (Lipinski definition) is 4. The van der Waals surface area contributed by atoms with Crippen LogP contribution >= 0.6 is 11.3 Å². The molecular formula is C58H35NO2S. The van der Waals surface area contributed by atoms with E-state index in [1.165, 1.54) is 58.8 Å². The molecule has 290 valence electrons. The van der Waals surface area contributed by atoms with Gasteiger partial charge in [0.1, 0.15) is 22.3 Å². The summed E-state index contributed by atoms with van der Waals surface area (Å²) in [5.74, 6) is 0. The lowest BCUT2D eigenvalue weighted by Gasteiger charge is -2.27. The van der Waals surface area contributed by atoms with Crippen molar-refractivity contribution >= 4 is 103 Å². The lowest BCUT2D eigenvalue weighted by atomic mass is 9.97. The maximum Gasteiger partial charge on any atom is 0.138 e. The topological polar surface area (TPSA) is 29.5 Å². The molecule has 13 rings (SSSR count). The number of furan rings is 2. The van der Waals surface area contributed by atoms with Gasteiger partial charge >= 0.3 is 0 Å². The van der Waals surface area contributed by atoms with Crippen molar-refractivity contribution in [2.75, 3.05) is 4.90 Å². The molecule has 4 heteroatoms. The molecule has 0 N–H and O–H groups in total. The molecule has 0 aliphatic carbocycles. The van der Waals surface area contributed by atoms with Crippen LogP contribution in [-0.4, -0.2) is 0 Å². The molecule has 0 amide bonds. The first kappa shape index (κ1) is 34.9. The fraction of sp³-hybridized carbons (Fsp3) is 0. The Morgan fingerprint density at radius 3 is 1.76 bits per heavy atom. The molecule has 13 aromatic rings. The lowest BCUT2D eigenvalue weighted by molar-refractivity contribution is 0.669. The van der Waals surface area contributed by atoms with Gasteiger partial charge in [0.15, 0.2) is 0 Å². The fourth-order valence-electron chi connectivity index (χ4n) is 9.52. The average molecular weight is 810 g/mol. The second kappa shape index (κ2) is 13.8. The molecule has 0 unspecified atom stereocenters. The number of thiophene rings is 1. The Labute approximate surface area is 360 Å². The molecule has 10 aromatic carbocycles. The minimum atomic E-state index is 0.845. The number of fused-ring (bicyclic) bond motifs is 11. The Hall–Kier alpha value is -7.92. The van der Waals surface area contributed by atoms with Crippen molar-refractivity contribution in [1.29, 1.82) is 0 Å². The molecule has 0 saturated carbocycles. The number of anilines is 3. The number of hydrogen-bond donors (Lipinski definition) is 0. The van der Waals surface area contributed by atoms with E-state index >= 15 is 0 Å². The van der Waals surface area contributed by atoms with Crippen LogP contribution in [0.1, 0.15) is 0 Å². The maximum atomic E-state index is 6.89. The Morgan fingerprint density at radius 1 is 0.339 bits per heavy atom. The summed E-state index contributed by atoms with van der Waals surface area (Å²) in [4.78, 5) is 2.39. The largest absolute Gasteiger partial charge is 0.456 e. The van der Waals surface area contributed by atoms with Crippen LogP contribution in [0.5, 0.6) is 0 Å². The predicted octanol–water partition coefficient (Wildman–Crippen LogP) is 17.5. The van der Waals surface area contributed by atoms with Gasteiger partial charge in [-0.15, -0.1) is 11.3 Å². The summed E-state index contributed by atoms with van der Waals surface area (Å²) in [5, 5.41) is 9.31. The molecule has 3 nitrogen and oxygen atoms in total. The van der Waals surface area contributed by atoms with Gasteiger partial charge < -0.3 is 13.7 Å². The monoisotopic (exact) mass is 809 g/mol. The Morgan fingerprint density at radius 2 is 0.952 bits per heavy atom. The molecule has 0 radical (unpaired) electrons. The highest BCUT2D eigenvalue weighted by Crippen LogP contribution is 2.51. The molecule has 3 aromatic heterocycles. The SMILES string of the molecule is c1ccc(-c2ccc3sc4c(c(N(c5ccc(-c6cccc7ccccc67)cc5)c5ccc6c(c5)oc5ccccc56)cc5oc6ccc(-c7ccccc7)cc6c54)c3c2)cc1. The Bertz CT molecular complexity index is 3850. The van der Waals surface area contributed by atoms with Gasteiger partial charge in [-0.1, -0.05) is 146 Å². The third-order valence-electron chi connectivity index (χ3n) is 12.5. The number of para-hydroxylation sites is 1. The first-order valence-electron chi connectivity index (χ1n) is 21.0. The lowest BCUT2D eigenvalue weighted by Crippen LogP contribution is -2.10. The summed E-state index contributed by atoms with van der Waals surface area (Å²) in [5.41, 5.74) is 13.6. The zero-order chi connectivity index (χ0) is 40.7. The molecule has 62 heavy (non-hydrogen) atoms. The zero-order valence-electron chi connectivity index (χ0n) is 33.4. The van der Waals surface area contributed by atoms with Crippen molar-refractivity contribution in [3.8, 4) is 33.4 Å². The first-order chi connectivity index (χ1) is 30.7. The van der Waals surface area contributed by atoms with Gasteiger partial charge in [0.2, 0.25) is 0 Å². The van der Waals surface area contributed by atoms with Gasteiger partial charge in [0.25, 0.3) is 0 Å². The van der Waals surface area contributed by atoms with Crippen LogP contribution in [0.4, 0.5) is 17.1 Å². The highest BCUT2D eigenvalue weighted by Gasteiger charge is 2.25. The molecule has 0 aliphatic rings. The quantitative estimate of drug-likeness (QED) is 0.168. The second-order valence-electron chi connectivity index (χ2n) is 16.0. The minimum absolute atomic E-state index is 0.845. The van der Waals surface area contributed by atoms with Crippen LogP contribution in [-0.2, 0) is 0 Å². The van der Waals surface area contributed by atoms with Gasteiger partial charge in [0.05, 0.1) is 5.69 Å². The van der Waals surface area contributed by atoms with Crippen LogP contribution in [0.3, 0.4) is 0 Å². The van der Waals surface area contributed by atoms with Crippen LogP contribution < -0.4 is 4.90 Å². The van der Waals surface area contributed by atoms with Crippen LogP contribution in [0, 0.1) is 0 Å². The van der Waals surface area contributed by atoms with E-state index in [4.69, 9.17) is 8.83 Å². The predicted molar refractivity (Wildman–Crippen MR) is 262 cm³/mol. The highest BCUT2D eigenvalue weighted by molar-refractivity contribution is 7.27. The smallest absolute Gasteiger partial charge is 0.138 e. The maximum absolute atomic E-state index is 6.89. The van der Waals surface area contributed by atoms with E-state index < -0.39 is 0 Å². The van der Waals surface area contributed by atoms with Crippen molar-refractivity contribution in [3.63, 3.8) is 0 Å². The number of nitrogens with zero attached hydrogens (tertiary/aromatic N) is 1. The summed E-state index contributed by atoms with van der Waals surface area (Å²) in [7, 11) is 0. The van der Waals surface area contributed by atoms with E-state index in [1.54, 1.807) is 0 Å². The van der Waals surface area contributed by atoms with Gasteiger partial charge in [-0.05, 0) is 98.8 Å². The van der Waals surface area contributed by atoms with Crippen LogP contribution in [0.25, 0.3) is 108 Å². The third kappa shape index (κ3) is 5.51. The van der Waals surface area contributed by atoms with Crippen molar-refractivity contribution in [2.45, 2.75) is 0 Å². The molecule has 0 spiro atoms. The van der Waals surface area contributed by atoms with Crippen molar-refractivity contribution in [1.82, 2.24) is 0 Å². The molecule has 0 fully saturated rings. The second-order valence-corrected chi connectivity index (χ2v) is 17.1. The molecule has 0 bridgehead atoms. The fourth-order valence-corrected chi connectivity index (χ4v) is 10.8. The number of benzene rings is 10. The molecule has 0 saturated heterocycles. The van der Waals surface area contributed by atoms with Gasteiger partial charge in [0, 0.05) is 65.2 Å². The zero-order valence-corrected chi connectivity index (χ0v) is 34.2. The Kier molecular flexibility index (Phi) is 7.78. The average Bonchev–Trinajstić information content (AvgIpc) is 4.03. The standard InChI is InChI=1S/C58H35NO2S/c1-3-12-36(13-4-1)40-24-30-52-48(32-40)57-54(61-52)35-50(56-49-33-41(37-14-5-2-6-15-37)25-31-55(49)62-58(56)57)59(43-28-29-47-46-19-9-10-21-51(46)60-53(47)34-43)42-26-22-39(23-27-42)45-20-11-17-38-16-7-8-18-44(38)45/h1-35H. The summed E-state index contributed by atoms with van der Waals surface area (Å²) in [6.07, 6.45) is 0. The summed E-state index contributed by atoms with van der Waals surface area (Å²) in [6, 6.07) is 76.1. The van der Waals surface area contributed by atoms with E-state index in [1.807, 2.05) is 23.5 Å². The molecule has 0 atom stereocenters. The summed E-state index contributed by atoms with van der Waals surface area (Å²) in [6.45, 7) is 0. The van der Waals surface area contributed by atoms with E-state index in [0.717, 1.165) is 66.5 Å². The van der Waals surface area contributed by atoms with Crippen LogP contribution in [0.2, 0.25) is 0 Å². The van der Waals surface area contributed by atoms with Crippen molar-refractivity contribution in [2.24, 2.45) is 0 Å². The highest BCUT2D eigenvalue weighted by atomic mass is 32.1. The normalized spacial score (nSPS) is 11.9. The molecule has 0 aliphatic heterocycles. The van der Waals surface area contributed by atoms with Crippen molar-refractivity contribution < 1.29 is 8.83 Å². The first-order valence-corrected chi connectivity index (χ1v) is 21.8. The van der Waals surface area contributed by atoms with Crippen molar-refractivity contribution in [3.05, 3.63) is 212 Å². The van der Waals surface area contributed by atoms with E-state index in [2.05, 4.69) is 205 Å². The van der Waals surface area contributed by atoms with E-state index in [-0.39, 0.29) is 0 Å². The van der Waals surface area contributed by atoms with E-state index in [9.17, 15) is 0 Å². The van der Waals surface area contributed by atoms with Gasteiger partial charge in [-0.2, -0.15) is 0 Å². The van der Waals surface area contributed by atoms with Gasteiger partial charge in [-0.25, -0.2) is 0 Å².